The maximum atomic E-state index is 12.8. The Morgan fingerprint density at radius 3 is 2.33 bits per heavy atom. The zero-order chi connectivity index (χ0) is 15.2. The van der Waals surface area contributed by atoms with E-state index in [1.54, 1.807) is 12.1 Å². The Morgan fingerprint density at radius 2 is 1.71 bits per heavy atom. The molecule has 0 bridgehead atoms. The normalized spacial score (nSPS) is 21.6. The molecule has 1 fully saturated rings. The topological polar surface area (TPSA) is 58.2 Å². The van der Waals surface area contributed by atoms with Crippen LogP contribution in [0.1, 0.15) is 38.2 Å². The van der Waals surface area contributed by atoms with Crippen molar-refractivity contribution in [3.8, 4) is 0 Å². The van der Waals surface area contributed by atoms with Gasteiger partial charge in [0.1, 0.15) is 5.82 Å². The molecule has 1 aromatic carbocycles. The van der Waals surface area contributed by atoms with Crippen molar-refractivity contribution in [3.05, 3.63) is 35.6 Å². The Balaban J connectivity index is 1.75. The molecule has 0 spiro atoms. The van der Waals surface area contributed by atoms with Gasteiger partial charge in [-0.2, -0.15) is 0 Å². The molecule has 114 valence electrons. The van der Waals surface area contributed by atoms with Gasteiger partial charge >= 0.3 is 11.8 Å². The summed E-state index contributed by atoms with van der Waals surface area (Å²) < 4.78 is 12.8. The first-order valence-corrected chi connectivity index (χ1v) is 7.37. The van der Waals surface area contributed by atoms with Crippen LogP contribution in [0.3, 0.4) is 0 Å². The summed E-state index contributed by atoms with van der Waals surface area (Å²) >= 11 is 0. The first-order valence-electron chi connectivity index (χ1n) is 7.37. The smallest absolute Gasteiger partial charge is 0.309 e. The quantitative estimate of drug-likeness (QED) is 0.839. The fourth-order valence-electron chi connectivity index (χ4n) is 2.52. The van der Waals surface area contributed by atoms with Crippen LogP contribution in [0.25, 0.3) is 0 Å². The second-order valence-corrected chi connectivity index (χ2v) is 5.74. The first kappa shape index (κ1) is 15.5. The van der Waals surface area contributed by atoms with Crippen molar-refractivity contribution < 1.29 is 14.0 Å². The Morgan fingerprint density at radius 1 is 1.10 bits per heavy atom. The molecule has 5 heteroatoms. The predicted molar refractivity (Wildman–Crippen MR) is 77.8 cm³/mol. The van der Waals surface area contributed by atoms with E-state index in [4.69, 9.17) is 0 Å². The highest BCUT2D eigenvalue weighted by Crippen LogP contribution is 2.23. The molecule has 1 aliphatic rings. The van der Waals surface area contributed by atoms with Gasteiger partial charge in [0.25, 0.3) is 0 Å². The Kier molecular flexibility index (Phi) is 5.31. The largest absolute Gasteiger partial charge is 0.345 e. The van der Waals surface area contributed by atoms with Gasteiger partial charge in [-0.3, -0.25) is 9.59 Å². The van der Waals surface area contributed by atoms with Gasteiger partial charge in [0.2, 0.25) is 0 Å². The number of hydrogen-bond donors (Lipinski definition) is 2. The number of nitrogens with one attached hydrogen (secondary N) is 2. The van der Waals surface area contributed by atoms with E-state index in [2.05, 4.69) is 17.6 Å². The van der Waals surface area contributed by atoms with E-state index in [-0.39, 0.29) is 18.4 Å². The lowest BCUT2D eigenvalue weighted by Gasteiger charge is -2.26. The molecule has 2 amide bonds. The standard InChI is InChI=1S/C16H21FN2O2/c1-11-2-8-14(9-3-11)19-16(21)15(20)18-10-12-4-6-13(17)7-5-12/h4-7,11,14H,2-3,8-10H2,1H3,(H,18,20)(H,19,21). The minimum absolute atomic E-state index is 0.102. The molecule has 0 radical (unpaired) electrons. The molecule has 0 atom stereocenters. The van der Waals surface area contributed by atoms with Crippen LogP contribution < -0.4 is 10.6 Å². The van der Waals surface area contributed by atoms with Gasteiger partial charge in [-0.05, 0) is 49.3 Å². The van der Waals surface area contributed by atoms with Crippen molar-refractivity contribution in [3.63, 3.8) is 0 Å². The highest BCUT2D eigenvalue weighted by Gasteiger charge is 2.22. The van der Waals surface area contributed by atoms with Crippen LogP contribution >= 0.6 is 0 Å². The van der Waals surface area contributed by atoms with Gasteiger partial charge < -0.3 is 10.6 Å². The van der Waals surface area contributed by atoms with Crippen molar-refractivity contribution in [2.24, 2.45) is 5.92 Å². The fourth-order valence-corrected chi connectivity index (χ4v) is 2.52. The monoisotopic (exact) mass is 292 g/mol. The number of carbonyl (C=O) groups excluding carboxylic acids is 2. The summed E-state index contributed by atoms with van der Waals surface area (Å²) in [5.41, 5.74) is 0.754. The molecule has 1 aromatic rings. The van der Waals surface area contributed by atoms with Gasteiger partial charge in [0, 0.05) is 12.6 Å². The number of halogens is 1. The summed E-state index contributed by atoms with van der Waals surface area (Å²) in [5, 5.41) is 5.32. The molecular weight excluding hydrogens is 271 g/mol. The minimum atomic E-state index is -0.641. The van der Waals surface area contributed by atoms with Gasteiger partial charge in [-0.25, -0.2) is 4.39 Å². The second kappa shape index (κ2) is 7.20. The van der Waals surface area contributed by atoms with E-state index in [1.807, 2.05) is 0 Å². The number of benzene rings is 1. The minimum Gasteiger partial charge on any atom is -0.345 e. The van der Waals surface area contributed by atoms with Crippen LogP contribution in [-0.4, -0.2) is 17.9 Å². The van der Waals surface area contributed by atoms with Crippen molar-refractivity contribution in [1.82, 2.24) is 10.6 Å². The van der Waals surface area contributed by atoms with Crippen LogP contribution in [0, 0.1) is 11.7 Å². The predicted octanol–water partition coefficient (Wildman–Crippen LogP) is 2.14. The van der Waals surface area contributed by atoms with Gasteiger partial charge in [-0.15, -0.1) is 0 Å². The molecule has 0 aromatic heterocycles. The van der Waals surface area contributed by atoms with Crippen LogP contribution in [0.4, 0.5) is 4.39 Å². The molecule has 0 heterocycles. The molecule has 21 heavy (non-hydrogen) atoms. The molecule has 0 aliphatic heterocycles. The summed E-state index contributed by atoms with van der Waals surface area (Å²) in [5.74, 6) is -0.852. The number of hydrogen-bond acceptors (Lipinski definition) is 2. The lowest BCUT2D eigenvalue weighted by Crippen LogP contribution is -2.45. The van der Waals surface area contributed by atoms with Crippen LogP contribution in [0.5, 0.6) is 0 Å². The third-order valence-corrected chi connectivity index (χ3v) is 3.92. The maximum absolute atomic E-state index is 12.8. The van der Waals surface area contributed by atoms with Crippen molar-refractivity contribution in [2.75, 3.05) is 0 Å². The van der Waals surface area contributed by atoms with E-state index < -0.39 is 11.8 Å². The molecule has 2 rings (SSSR count). The second-order valence-electron chi connectivity index (χ2n) is 5.74. The summed E-state index contributed by atoms with van der Waals surface area (Å²) in [6.07, 6.45) is 4.03. The van der Waals surface area contributed by atoms with E-state index >= 15 is 0 Å². The van der Waals surface area contributed by atoms with E-state index in [0.717, 1.165) is 31.2 Å². The van der Waals surface area contributed by atoms with Crippen molar-refractivity contribution >= 4 is 11.8 Å². The lowest BCUT2D eigenvalue weighted by molar-refractivity contribution is -0.139. The third kappa shape index (κ3) is 4.85. The zero-order valence-electron chi connectivity index (χ0n) is 12.2. The van der Waals surface area contributed by atoms with Gasteiger partial charge in [0.05, 0.1) is 0 Å². The van der Waals surface area contributed by atoms with Gasteiger partial charge in [-0.1, -0.05) is 19.1 Å². The average Bonchev–Trinajstić information content (AvgIpc) is 2.48. The zero-order valence-corrected chi connectivity index (χ0v) is 12.2. The molecule has 0 saturated heterocycles. The van der Waals surface area contributed by atoms with E-state index in [0.29, 0.717) is 5.92 Å². The maximum Gasteiger partial charge on any atom is 0.309 e. The number of carbonyl (C=O) groups is 2. The molecule has 4 nitrogen and oxygen atoms in total. The average molecular weight is 292 g/mol. The fraction of sp³-hybridized carbons (Fsp3) is 0.500. The Bertz CT molecular complexity index is 494. The Hall–Kier alpha value is -1.91. The third-order valence-electron chi connectivity index (χ3n) is 3.92. The van der Waals surface area contributed by atoms with Crippen molar-refractivity contribution in [2.45, 2.75) is 45.2 Å². The summed E-state index contributed by atoms with van der Waals surface area (Å²) in [4.78, 5) is 23.5. The van der Waals surface area contributed by atoms with Crippen LogP contribution in [0.2, 0.25) is 0 Å². The van der Waals surface area contributed by atoms with Crippen molar-refractivity contribution in [1.29, 1.82) is 0 Å². The van der Waals surface area contributed by atoms with E-state index in [9.17, 15) is 14.0 Å². The number of rotatable bonds is 3. The van der Waals surface area contributed by atoms with Crippen LogP contribution in [-0.2, 0) is 16.1 Å². The molecule has 2 N–H and O–H groups in total. The highest BCUT2D eigenvalue weighted by molar-refractivity contribution is 6.35. The highest BCUT2D eigenvalue weighted by atomic mass is 19.1. The number of amides is 2. The molecular formula is C16H21FN2O2. The molecule has 1 saturated carbocycles. The van der Waals surface area contributed by atoms with Crippen LogP contribution in [0.15, 0.2) is 24.3 Å². The van der Waals surface area contributed by atoms with Gasteiger partial charge in [0.15, 0.2) is 0 Å². The molecule has 0 unspecified atom stereocenters. The lowest BCUT2D eigenvalue weighted by atomic mass is 9.87. The van der Waals surface area contributed by atoms with E-state index in [1.165, 1.54) is 12.1 Å². The molecule has 1 aliphatic carbocycles. The summed E-state index contributed by atoms with van der Waals surface area (Å²) in [6, 6.07) is 5.91. The summed E-state index contributed by atoms with van der Waals surface area (Å²) in [6.45, 7) is 2.42. The SMILES string of the molecule is CC1CCC(NC(=O)C(=O)NCc2ccc(F)cc2)CC1. The first-order chi connectivity index (χ1) is 10.0. The summed E-state index contributed by atoms with van der Waals surface area (Å²) in [7, 11) is 0. The Labute approximate surface area is 124 Å².